The molecule has 1 aromatic carbocycles. The number of rotatable bonds is 4. The van der Waals surface area contributed by atoms with Crippen LogP contribution < -0.4 is 5.32 Å². The Morgan fingerprint density at radius 3 is 2.57 bits per heavy atom. The maximum absolute atomic E-state index is 12.0. The molecule has 2 rings (SSSR count). The third-order valence-electron chi connectivity index (χ3n) is 2.74. The molecule has 0 saturated carbocycles. The van der Waals surface area contributed by atoms with Crippen molar-refractivity contribution in [1.29, 1.82) is 5.26 Å². The Balaban J connectivity index is 2.07. The Morgan fingerprint density at radius 1 is 1.38 bits per heavy atom. The van der Waals surface area contributed by atoms with Crippen molar-refractivity contribution in [3.8, 4) is 6.07 Å². The van der Waals surface area contributed by atoms with Crippen LogP contribution in [0.25, 0.3) is 0 Å². The molecule has 0 aliphatic carbocycles. The average Bonchev–Trinajstić information content (AvgIpc) is 2.97. The van der Waals surface area contributed by atoms with Crippen LogP contribution in [0.2, 0.25) is 0 Å². The molecule has 2 N–H and O–H groups in total. The lowest BCUT2D eigenvalue weighted by atomic mass is 10.1. The van der Waals surface area contributed by atoms with Crippen LogP contribution in [-0.2, 0) is 0 Å². The summed E-state index contributed by atoms with van der Waals surface area (Å²) in [4.78, 5) is 26.8. The molecule has 1 atom stereocenters. The number of carbonyl (C=O) groups is 2. The highest BCUT2D eigenvalue weighted by atomic mass is 32.1. The topological polar surface area (TPSA) is 103 Å². The van der Waals surface area contributed by atoms with E-state index >= 15 is 0 Å². The van der Waals surface area contributed by atoms with Crippen molar-refractivity contribution in [2.75, 3.05) is 0 Å². The lowest BCUT2D eigenvalue weighted by Crippen LogP contribution is -2.26. The molecule has 0 aliphatic rings. The summed E-state index contributed by atoms with van der Waals surface area (Å²) in [6.07, 6.45) is 0. The second-order valence-corrected chi connectivity index (χ2v) is 5.15. The molecule has 106 valence electrons. The Hall–Kier alpha value is -2.72. The summed E-state index contributed by atoms with van der Waals surface area (Å²) in [7, 11) is 0. The van der Waals surface area contributed by atoms with E-state index < -0.39 is 12.0 Å². The number of hydrogen-bond donors (Lipinski definition) is 2. The largest absolute Gasteiger partial charge is 0.476 e. The summed E-state index contributed by atoms with van der Waals surface area (Å²) in [5.74, 6) is -1.40. The summed E-state index contributed by atoms with van der Waals surface area (Å²) >= 11 is 1.18. The van der Waals surface area contributed by atoms with Gasteiger partial charge in [-0.3, -0.25) is 4.79 Å². The van der Waals surface area contributed by atoms with E-state index in [9.17, 15) is 9.59 Å². The van der Waals surface area contributed by atoms with Crippen LogP contribution in [0.1, 0.15) is 44.4 Å². The highest BCUT2D eigenvalue weighted by Crippen LogP contribution is 2.18. The van der Waals surface area contributed by atoms with Crippen LogP contribution in [0.5, 0.6) is 0 Å². The zero-order valence-electron chi connectivity index (χ0n) is 11.0. The van der Waals surface area contributed by atoms with Crippen LogP contribution in [0, 0.1) is 11.3 Å². The standard InChI is InChI=1S/C14H11N3O3S/c1-8(13-17-11(7-21-13)14(19)20)16-12(18)10-4-2-9(6-15)3-5-10/h2-5,7-8H,1H3,(H,16,18)(H,19,20). The number of hydrogen-bond acceptors (Lipinski definition) is 5. The first-order valence-corrected chi connectivity index (χ1v) is 6.89. The fourth-order valence-corrected chi connectivity index (χ4v) is 2.42. The number of benzene rings is 1. The first-order valence-electron chi connectivity index (χ1n) is 6.01. The minimum atomic E-state index is -1.09. The van der Waals surface area contributed by atoms with Gasteiger partial charge in [-0.05, 0) is 31.2 Å². The first-order chi connectivity index (χ1) is 10.0. The third-order valence-corrected chi connectivity index (χ3v) is 3.76. The number of aromatic carboxylic acids is 1. The molecule has 1 aromatic heterocycles. The van der Waals surface area contributed by atoms with E-state index in [0.717, 1.165) is 0 Å². The number of carboxylic acids is 1. The molecule has 1 heterocycles. The Kier molecular flexibility index (Phi) is 4.30. The van der Waals surface area contributed by atoms with Gasteiger partial charge in [0.1, 0.15) is 5.01 Å². The smallest absolute Gasteiger partial charge is 0.355 e. The van der Waals surface area contributed by atoms with Gasteiger partial charge in [0, 0.05) is 10.9 Å². The maximum Gasteiger partial charge on any atom is 0.355 e. The normalized spacial score (nSPS) is 11.4. The van der Waals surface area contributed by atoms with E-state index in [-0.39, 0.29) is 11.6 Å². The molecule has 0 bridgehead atoms. The zero-order valence-corrected chi connectivity index (χ0v) is 11.8. The summed E-state index contributed by atoms with van der Waals surface area (Å²) < 4.78 is 0. The van der Waals surface area contributed by atoms with Gasteiger partial charge in [0.15, 0.2) is 5.69 Å². The second-order valence-electron chi connectivity index (χ2n) is 4.26. The minimum absolute atomic E-state index is 0.0329. The number of nitrogens with one attached hydrogen (secondary N) is 1. The molecular weight excluding hydrogens is 290 g/mol. The fourth-order valence-electron chi connectivity index (χ4n) is 1.62. The van der Waals surface area contributed by atoms with E-state index in [1.54, 1.807) is 31.2 Å². The van der Waals surface area contributed by atoms with Crippen LogP contribution in [0.3, 0.4) is 0 Å². The quantitative estimate of drug-likeness (QED) is 0.901. The molecule has 0 spiro atoms. The van der Waals surface area contributed by atoms with E-state index in [1.807, 2.05) is 6.07 Å². The minimum Gasteiger partial charge on any atom is -0.476 e. The zero-order chi connectivity index (χ0) is 15.4. The van der Waals surface area contributed by atoms with Crippen molar-refractivity contribution in [2.24, 2.45) is 0 Å². The Bertz CT molecular complexity index is 716. The van der Waals surface area contributed by atoms with Gasteiger partial charge in [0.25, 0.3) is 5.91 Å². The highest BCUT2D eigenvalue weighted by molar-refractivity contribution is 7.09. The van der Waals surface area contributed by atoms with Gasteiger partial charge in [-0.1, -0.05) is 0 Å². The molecule has 0 saturated heterocycles. The second kappa shape index (κ2) is 6.15. The van der Waals surface area contributed by atoms with Gasteiger partial charge in [0.05, 0.1) is 17.7 Å². The molecule has 0 radical (unpaired) electrons. The third kappa shape index (κ3) is 3.43. The van der Waals surface area contributed by atoms with Gasteiger partial charge >= 0.3 is 5.97 Å². The van der Waals surface area contributed by atoms with Crippen molar-refractivity contribution in [1.82, 2.24) is 10.3 Å². The van der Waals surface area contributed by atoms with Crippen LogP contribution in [0.15, 0.2) is 29.6 Å². The van der Waals surface area contributed by atoms with Crippen LogP contribution in [-0.4, -0.2) is 22.0 Å². The van der Waals surface area contributed by atoms with Crippen molar-refractivity contribution < 1.29 is 14.7 Å². The summed E-state index contributed by atoms with van der Waals surface area (Å²) in [5, 5.41) is 22.2. The van der Waals surface area contributed by atoms with Crippen molar-refractivity contribution >= 4 is 23.2 Å². The number of aromatic nitrogens is 1. The van der Waals surface area contributed by atoms with Crippen LogP contribution >= 0.6 is 11.3 Å². The summed E-state index contributed by atoms with van der Waals surface area (Å²) in [5.41, 5.74) is 0.871. The fraction of sp³-hybridized carbons (Fsp3) is 0.143. The number of thiazole rings is 1. The van der Waals surface area contributed by atoms with Crippen molar-refractivity contribution in [2.45, 2.75) is 13.0 Å². The van der Waals surface area contributed by atoms with E-state index in [2.05, 4.69) is 10.3 Å². The van der Waals surface area contributed by atoms with E-state index in [1.165, 1.54) is 16.7 Å². The van der Waals surface area contributed by atoms with Crippen molar-refractivity contribution in [3.05, 3.63) is 51.5 Å². The van der Waals surface area contributed by atoms with Gasteiger partial charge in [0.2, 0.25) is 0 Å². The number of carboxylic acid groups (broad SMARTS) is 1. The van der Waals surface area contributed by atoms with Crippen LogP contribution in [0.4, 0.5) is 0 Å². The molecule has 6 nitrogen and oxygen atoms in total. The molecular formula is C14H11N3O3S. The number of amides is 1. The van der Waals surface area contributed by atoms with Crippen molar-refractivity contribution in [3.63, 3.8) is 0 Å². The van der Waals surface area contributed by atoms with Gasteiger partial charge < -0.3 is 10.4 Å². The molecule has 21 heavy (non-hydrogen) atoms. The van der Waals surface area contributed by atoms with Gasteiger partial charge in [-0.25, -0.2) is 9.78 Å². The number of nitriles is 1. The lowest BCUT2D eigenvalue weighted by molar-refractivity contribution is 0.0691. The summed E-state index contributed by atoms with van der Waals surface area (Å²) in [6.45, 7) is 1.73. The molecule has 7 heteroatoms. The predicted molar refractivity (Wildman–Crippen MR) is 76.1 cm³/mol. The Morgan fingerprint density at radius 2 is 2.05 bits per heavy atom. The van der Waals surface area contributed by atoms with Gasteiger partial charge in [-0.2, -0.15) is 5.26 Å². The molecule has 2 aromatic rings. The molecule has 1 unspecified atom stereocenters. The first kappa shape index (κ1) is 14.7. The van der Waals surface area contributed by atoms with E-state index in [0.29, 0.717) is 16.1 Å². The molecule has 0 fully saturated rings. The Labute approximate surface area is 124 Å². The lowest BCUT2D eigenvalue weighted by Gasteiger charge is -2.11. The maximum atomic E-state index is 12.0. The van der Waals surface area contributed by atoms with E-state index in [4.69, 9.17) is 10.4 Å². The predicted octanol–water partition coefficient (Wildman–Crippen LogP) is 2.20. The average molecular weight is 301 g/mol. The number of nitrogens with zero attached hydrogens (tertiary/aromatic N) is 2. The molecule has 0 aliphatic heterocycles. The monoisotopic (exact) mass is 301 g/mol. The number of carbonyl (C=O) groups excluding carboxylic acids is 1. The van der Waals surface area contributed by atoms with Gasteiger partial charge in [-0.15, -0.1) is 11.3 Å². The summed E-state index contributed by atoms with van der Waals surface area (Å²) in [6, 6.07) is 7.82. The molecule has 1 amide bonds. The highest BCUT2D eigenvalue weighted by Gasteiger charge is 2.16. The SMILES string of the molecule is CC(NC(=O)c1ccc(C#N)cc1)c1nc(C(=O)O)cs1.